The summed E-state index contributed by atoms with van der Waals surface area (Å²) in [5, 5.41) is 2.92. The van der Waals surface area contributed by atoms with Gasteiger partial charge in [0.25, 0.3) is 0 Å². The normalized spacial score (nSPS) is 11.4. The van der Waals surface area contributed by atoms with E-state index < -0.39 is 0 Å². The van der Waals surface area contributed by atoms with Gasteiger partial charge in [0.1, 0.15) is 0 Å². The molecule has 2 nitrogen and oxygen atoms in total. The molecule has 1 aromatic rings. The third kappa shape index (κ3) is 3.52. The van der Waals surface area contributed by atoms with E-state index in [9.17, 15) is 4.79 Å². The Labute approximate surface area is 116 Å². The number of aryl methyl sites for hydroxylation is 3. The minimum atomic E-state index is -0.0690. The summed E-state index contributed by atoms with van der Waals surface area (Å²) in [5.41, 5.74) is 5.12. The SMILES string of the molecule is Cc1cc(C)c(C(C)(C)CNC(=O)CS)c(C)c1. The molecular formula is C15H23NOS. The Balaban J connectivity index is 3.01. The van der Waals surface area contributed by atoms with Crippen molar-refractivity contribution in [3.63, 3.8) is 0 Å². The maximum Gasteiger partial charge on any atom is 0.229 e. The molecule has 1 rings (SSSR count). The Morgan fingerprint density at radius 3 is 2.17 bits per heavy atom. The van der Waals surface area contributed by atoms with Crippen molar-refractivity contribution < 1.29 is 4.79 Å². The maximum absolute atomic E-state index is 11.3. The number of carbonyl (C=O) groups is 1. The molecule has 0 aliphatic rings. The first-order valence-electron chi connectivity index (χ1n) is 6.24. The van der Waals surface area contributed by atoms with Gasteiger partial charge in [-0.25, -0.2) is 0 Å². The quantitative estimate of drug-likeness (QED) is 0.805. The topological polar surface area (TPSA) is 29.1 Å². The van der Waals surface area contributed by atoms with Crippen LogP contribution in [0, 0.1) is 20.8 Å². The van der Waals surface area contributed by atoms with Crippen LogP contribution >= 0.6 is 12.6 Å². The molecule has 1 N–H and O–H groups in total. The Morgan fingerprint density at radius 1 is 1.22 bits per heavy atom. The number of nitrogens with one attached hydrogen (secondary N) is 1. The van der Waals surface area contributed by atoms with Crippen LogP contribution in [-0.2, 0) is 10.2 Å². The summed E-state index contributed by atoms with van der Waals surface area (Å²) < 4.78 is 0. The molecule has 0 aliphatic carbocycles. The molecule has 1 aromatic carbocycles. The molecule has 0 fully saturated rings. The molecule has 0 heterocycles. The standard InChI is InChI=1S/C15H23NOS/c1-10-6-11(2)14(12(3)7-10)15(4,5)9-16-13(17)8-18/h6-7,18H,8-9H2,1-5H3,(H,16,17). The zero-order valence-corrected chi connectivity index (χ0v) is 12.8. The fourth-order valence-corrected chi connectivity index (χ4v) is 2.82. The van der Waals surface area contributed by atoms with Gasteiger partial charge in [-0.05, 0) is 37.5 Å². The average molecular weight is 265 g/mol. The van der Waals surface area contributed by atoms with Gasteiger partial charge < -0.3 is 5.32 Å². The number of hydrogen-bond donors (Lipinski definition) is 2. The molecule has 0 radical (unpaired) electrons. The lowest BCUT2D eigenvalue weighted by Gasteiger charge is -2.29. The molecule has 18 heavy (non-hydrogen) atoms. The molecule has 0 aliphatic heterocycles. The van der Waals surface area contributed by atoms with Gasteiger partial charge in [-0.2, -0.15) is 12.6 Å². The fraction of sp³-hybridized carbons (Fsp3) is 0.533. The molecule has 0 atom stereocenters. The first-order valence-corrected chi connectivity index (χ1v) is 6.87. The lowest BCUT2D eigenvalue weighted by Crippen LogP contribution is -2.38. The number of carbonyl (C=O) groups excluding carboxylic acids is 1. The molecular weight excluding hydrogens is 242 g/mol. The monoisotopic (exact) mass is 265 g/mol. The number of thiol groups is 1. The van der Waals surface area contributed by atoms with Crippen molar-refractivity contribution in [3.8, 4) is 0 Å². The van der Waals surface area contributed by atoms with Crippen molar-refractivity contribution in [2.75, 3.05) is 12.3 Å². The van der Waals surface area contributed by atoms with E-state index in [0.29, 0.717) is 6.54 Å². The van der Waals surface area contributed by atoms with Crippen molar-refractivity contribution >= 4 is 18.5 Å². The van der Waals surface area contributed by atoms with Gasteiger partial charge in [0, 0.05) is 12.0 Å². The van der Waals surface area contributed by atoms with Gasteiger partial charge >= 0.3 is 0 Å². The van der Waals surface area contributed by atoms with E-state index in [1.807, 2.05) is 0 Å². The van der Waals surface area contributed by atoms with Gasteiger partial charge in [0.05, 0.1) is 5.75 Å². The van der Waals surface area contributed by atoms with Gasteiger partial charge in [-0.3, -0.25) is 4.79 Å². The second-order valence-electron chi connectivity index (χ2n) is 5.59. The second kappa shape index (κ2) is 5.79. The van der Waals surface area contributed by atoms with Crippen LogP contribution in [0.2, 0.25) is 0 Å². The Hall–Kier alpha value is -0.960. The average Bonchev–Trinajstić information content (AvgIpc) is 2.24. The number of rotatable bonds is 4. The van der Waals surface area contributed by atoms with E-state index in [1.165, 1.54) is 22.3 Å². The largest absolute Gasteiger partial charge is 0.355 e. The summed E-state index contributed by atoms with van der Waals surface area (Å²) in [6, 6.07) is 4.40. The van der Waals surface area contributed by atoms with Crippen LogP contribution in [0.3, 0.4) is 0 Å². The zero-order valence-electron chi connectivity index (χ0n) is 11.9. The van der Waals surface area contributed by atoms with Crippen LogP contribution in [0.1, 0.15) is 36.1 Å². The van der Waals surface area contributed by atoms with Crippen molar-refractivity contribution in [1.82, 2.24) is 5.32 Å². The van der Waals surface area contributed by atoms with Gasteiger partial charge in [0.2, 0.25) is 5.91 Å². The predicted octanol–water partition coefficient (Wildman–Crippen LogP) is 2.94. The molecule has 0 aromatic heterocycles. The molecule has 0 spiro atoms. The Bertz CT molecular complexity index is 429. The Kier molecular flexibility index (Phi) is 4.85. The summed E-state index contributed by atoms with van der Waals surface area (Å²) in [4.78, 5) is 11.3. The lowest BCUT2D eigenvalue weighted by atomic mass is 9.79. The second-order valence-corrected chi connectivity index (χ2v) is 5.91. The highest BCUT2D eigenvalue weighted by atomic mass is 32.1. The molecule has 0 bridgehead atoms. The summed E-state index contributed by atoms with van der Waals surface area (Å²) >= 11 is 3.97. The summed E-state index contributed by atoms with van der Waals surface area (Å²) in [6.45, 7) is 11.3. The smallest absolute Gasteiger partial charge is 0.229 e. The van der Waals surface area contributed by atoms with E-state index >= 15 is 0 Å². The molecule has 1 amide bonds. The first-order chi connectivity index (χ1) is 8.27. The van der Waals surface area contributed by atoms with Crippen molar-refractivity contribution in [2.45, 2.75) is 40.0 Å². The summed E-state index contributed by atoms with van der Waals surface area (Å²) in [6.07, 6.45) is 0. The van der Waals surface area contributed by atoms with Crippen LogP contribution in [0.25, 0.3) is 0 Å². The third-order valence-electron chi connectivity index (χ3n) is 3.22. The van der Waals surface area contributed by atoms with E-state index in [2.05, 4.69) is 64.7 Å². The van der Waals surface area contributed by atoms with Crippen LogP contribution in [0.4, 0.5) is 0 Å². The number of amides is 1. The highest BCUT2D eigenvalue weighted by Crippen LogP contribution is 2.29. The van der Waals surface area contributed by atoms with E-state index in [1.54, 1.807) is 0 Å². The summed E-state index contributed by atoms with van der Waals surface area (Å²) in [7, 11) is 0. The highest BCUT2D eigenvalue weighted by molar-refractivity contribution is 7.81. The van der Waals surface area contributed by atoms with E-state index in [0.717, 1.165) is 0 Å². The maximum atomic E-state index is 11.3. The van der Waals surface area contributed by atoms with Crippen LogP contribution in [0.5, 0.6) is 0 Å². The van der Waals surface area contributed by atoms with Crippen molar-refractivity contribution in [3.05, 3.63) is 34.4 Å². The predicted molar refractivity (Wildman–Crippen MR) is 80.5 cm³/mol. The molecule has 0 saturated heterocycles. The third-order valence-corrected chi connectivity index (χ3v) is 3.51. The fourth-order valence-electron chi connectivity index (χ4n) is 2.71. The van der Waals surface area contributed by atoms with Crippen LogP contribution < -0.4 is 5.32 Å². The zero-order chi connectivity index (χ0) is 13.9. The number of hydrogen-bond acceptors (Lipinski definition) is 2. The lowest BCUT2D eigenvalue weighted by molar-refractivity contribution is -0.118. The molecule has 0 saturated carbocycles. The van der Waals surface area contributed by atoms with E-state index in [-0.39, 0.29) is 17.1 Å². The van der Waals surface area contributed by atoms with Crippen LogP contribution in [0.15, 0.2) is 12.1 Å². The molecule has 3 heteroatoms. The highest BCUT2D eigenvalue weighted by Gasteiger charge is 2.25. The minimum Gasteiger partial charge on any atom is -0.355 e. The number of benzene rings is 1. The van der Waals surface area contributed by atoms with Gasteiger partial charge in [-0.1, -0.05) is 31.5 Å². The molecule has 0 unspecified atom stereocenters. The van der Waals surface area contributed by atoms with Crippen molar-refractivity contribution in [2.24, 2.45) is 0 Å². The summed E-state index contributed by atoms with van der Waals surface area (Å²) in [5.74, 6) is 0.218. The van der Waals surface area contributed by atoms with Gasteiger partial charge in [-0.15, -0.1) is 0 Å². The van der Waals surface area contributed by atoms with Crippen molar-refractivity contribution in [1.29, 1.82) is 0 Å². The van der Waals surface area contributed by atoms with Crippen LogP contribution in [-0.4, -0.2) is 18.2 Å². The van der Waals surface area contributed by atoms with E-state index in [4.69, 9.17) is 0 Å². The first kappa shape index (κ1) is 15.1. The Morgan fingerprint density at radius 2 is 1.72 bits per heavy atom. The van der Waals surface area contributed by atoms with Gasteiger partial charge in [0.15, 0.2) is 0 Å². The molecule has 100 valence electrons. The minimum absolute atomic E-state index is 0.0196.